The van der Waals surface area contributed by atoms with Crippen LogP contribution in [0.25, 0.3) is 11.3 Å². The fraction of sp³-hybridized carbons (Fsp3) is 0.407. The normalized spacial score (nSPS) is 17.6. The average Bonchev–Trinajstić information content (AvgIpc) is 3.64. The molecular weight excluding hydrogens is 473 g/mol. The third kappa shape index (κ3) is 5.26. The lowest BCUT2D eigenvalue weighted by Gasteiger charge is -2.31. The summed E-state index contributed by atoms with van der Waals surface area (Å²) < 4.78 is 53.6. The van der Waals surface area contributed by atoms with Crippen LogP contribution < -0.4 is 10.1 Å². The van der Waals surface area contributed by atoms with Crippen LogP contribution in [0.15, 0.2) is 53.1 Å². The van der Waals surface area contributed by atoms with Gasteiger partial charge in [0.1, 0.15) is 23.3 Å². The van der Waals surface area contributed by atoms with Crippen molar-refractivity contribution in [3.8, 4) is 17.0 Å². The predicted molar refractivity (Wildman–Crippen MR) is 126 cm³/mol. The number of carboxylic acids is 1. The van der Waals surface area contributed by atoms with E-state index in [1.807, 2.05) is 0 Å². The maximum atomic E-state index is 13.8. The molecule has 1 aromatic heterocycles. The highest BCUT2D eigenvalue weighted by atomic mass is 19.4. The van der Waals surface area contributed by atoms with Gasteiger partial charge in [-0.1, -0.05) is 23.4 Å². The minimum atomic E-state index is -4.52. The van der Waals surface area contributed by atoms with Gasteiger partial charge in [-0.15, -0.1) is 0 Å². The molecule has 2 aromatic carbocycles. The van der Waals surface area contributed by atoms with Gasteiger partial charge in [0.2, 0.25) is 0 Å². The smallest absolute Gasteiger partial charge is 0.417 e. The van der Waals surface area contributed by atoms with Crippen LogP contribution in [0.4, 0.5) is 13.2 Å². The fourth-order valence-electron chi connectivity index (χ4n) is 4.91. The molecule has 190 valence electrons. The first-order chi connectivity index (χ1) is 17.3. The maximum Gasteiger partial charge on any atom is 0.417 e. The summed E-state index contributed by atoms with van der Waals surface area (Å²) in [5, 5.41) is 16.7. The molecule has 36 heavy (non-hydrogen) atoms. The van der Waals surface area contributed by atoms with E-state index in [0.717, 1.165) is 44.8 Å². The summed E-state index contributed by atoms with van der Waals surface area (Å²) in [6, 6.07) is 11.6. The van der Waals surface area contributed by atoms with Gasteiger partial charge in [-0.05, 0) is 75.0 Å². The van der Waals surface area contributed by atoms with Crippen molar-refractivity contribution in [3.05, 3.63) is 71.0 Å². The minimum absolute atomic E-state index is 0.00511. The first-order valence-corrected chi connectivity index (χ1v) is 12.2. The minimum Gasteiger partial charge on any atom is -0.490 e. The predicted octanol–water partition coefficient (Wildman–Crippen LogP) is 5.93. The Labute approximate surface area is 206 Å². The van der Waals surface area contributed by atoms with Crippen molar-refractivity contribution in [1.29, 1.82) is 0 Å². The Hall–Kier alpha value is -3.33. The van der Waals surface area contributed by atoms with Gasteiger partial charge < -0.3 is 19.7 Å². The molecule has 1 atom stereocenters. The molecule has 2 aliphatic rings. The van der Waals surface area contributed by atoms with Crippen molar-refractivity contribution in [1.82, 2.24) is 10.5 Å². The van der Waals surface area contributed by atoms with E-state index < -0.39 is 17.7 Å². The van der Waals surface area contributed by atoms with Crippen LogP contribution in [0.3, 0.4) is 0 Å². The van der Waals surface area contributed by atoms with E-state index in [2.05, 4.69) is 10.5 Å². The standard InChI is InChI=1S/C27H27F3N2O4/c28-27(29,30)22-4-2-1-3-20(22)24-21(25(36-32-24)17-5-6-17)15-23(16-11-13-31-14-12-16)35-19-9-7-18(8-10-19)26(33)34/h1-4,7-10,16-17,23,31H,5-6,11-15H2,(H,33,34). The van der Waals surface area contributed by atoms with Gasteiger partial charge in [0.15, 0.2) is 0 Å². The van der Waals surface area contributed by atoms with Crippen molar-refractivity contribution < 1.29 is 32.3 Å². The highest BCUT2D eigenvalue weighted by molar-refractivity contribution is 5.87. The lowest BCUT2D eigenvalue weighted by molar-refractivity contribution is -0.137. The van der Waals surface area contributed by atoms with E-state index in [-0.39, 0.29) is 34.8 Å². The molecule has 2 fully saturated rings. The molecule has 0 bridgehead atoms. The molecule has 3 aromatic rings. The number of piperidine rings is 1. The number of nitrogens with zero attached hydrogens (tertiary/aromatic N) is 1. The number of aromatic nitrogens is 1. The third-order valence-corrected chi connectivity index (χ3v) is 6.96. The van der Waals surface area contributed by atoms with Gasteiger partial charge in [0.25, 0.3) is 0 Å². The summed E-state index contributed by atoms with van der Waals surface area (Å²) in [6.45, 7) is 1.65. The lowest BCUT2D eigenvalue weighted by Crippen LogP contribution is -2.38. The molecule has 1 saturated heterocycles. The third-order valence-electron chi connectivity index (χ3n) is 6.96. The zero-order valence-electron chi connectivity index (χ0n) is 19.6. The van der Waals surface area contributed by atoms with Gasteiger partial charge >= 0.3 is 12.1 Å². The Morgan fingerprint density at radius 2 is 1.78 bits per heavy atom. The zero-order chi connectivity index (χ0) is 25.3. The van der Waals surface area contributed by atoms with Crippen molar-refractivity contribution in [2.45, 2.75) is 50.3 Å². The van der Waals surface area contributed by atoms with Crippen LogP contribution in [0.5, 0.6) is 5.75 Å². The number of hydrogen-bond donors (Lipinski definition) is 2. The molecule has 5 rings (SSSR count). The van der Waals surface area contributed by atoms with Crippen LogP contribution in [0, 0.1) is 5.92 Å². The van der Waals surface area contributed by atoms with Gasteiger partial charge in [0, 0.05) is 23.5 Å². The highest BCUT2D eigenvalue weighted by Gasteiger charge is 2.39. The Balaban J connectivity index is 1.52. The number of carbonyl (C=O) groups is 1. The Bertz CT molecular complexity index is 1210. The summed E-state index contributed by atoms with van der Waals surface area (Å²) >= 11 is 0. The van der Waals surface area contributed by atoms with Gasteiger partial charge in [-0.3, -0.25) is 0 Å². The highest BCUT2D eigenvalue weighted by Crippen LogP contribution is 2.46. The van der Waals surface area contributed by atoms with Crippen molar-refractivity contribution in [3.63, 3.8) is 0 Å². The number of alkyl halides is 3. The Kier molecular flexibility index (Phi) is 6.75. The molecular formula is C27H27F3N2O4. The largest absolute Gasteiger partial charge is 0.490 e. The van der Waals surface area contributed by atoms with E-state index in [4.69, 9.17) is 9.26 Å². The van der Waals surface area contributed by atoms with Crippen LogP contribution in [-0.4, -0.2) is 35.4 Å². The first kappa shape index (κ1) is 24.4. The SMILES string of the molecule is O=C(O)c1ccc(OC(Cc2c(-c3ccccc3C(F)(F)F)noc2C2CC2)C2CCNCC2)cc1. The summed E-state index contributed by atoms with van der Waals surface area (Å²) in [5.41, 5.74) is 0.298. The second-order valence-electron chi connectivity index (χ2n) is 9.47. The van der Waals surface area contributed by atoms with Crippen LogP contribution >= 0.6 is 0 Å². The maximum absolute atomic E-state index is 13.8. The number of hydrogen-bond acceptors (Lipinski definition) is 5. The molecule has 1 saturated carbocycles. The quantitative estimate of drug-likeness (QED) is 0.399. The van der Waals surface area contributed by atoms with Gasteiger partial charge in [0.05, 0.1) is 11.1 Å². The Morgan fingerprint density at radius 1 is 1.08 bits per heavy atom. The zero-order valence-corrected chi connectivity index (χ0v) is 19.6. The van der Waals surface area contributed by atoms with E-state index in [9.17, 15) is 23.1 Å². The Morgan fingerprint density at radius 3 is 2.42 bits per heavy atom. The number of aromatic carboxylic acids is 1. The number of rotatable bonds is 8. The van der Waals surface area contributed by atoms with E-state index in [1.54, 1.807) is 18.2 Å². The lowest BCUT2D eigenvalue weighted by atomic mass is 9.86. The monoisotopic (exact) mass is 500 g/mol. The second-order valence-corrected chi connectivity index (χ2v) is 9.47. The van der Waals surface area contributed by atoms with Crippen molar-refractivity contribution >= 4 is 5.97 Å². The summed E-state index contributed by atoms with van der Waals surface area (Å²) in [5.74, 6) is 0.458. The number of halogens is 3. The molecule has 1 aliphatic carbocycles. The van der Waals surface area contributed by atoms with Crippen molar-refractivity contribution in [2.75, 3.05) is 13.1 Å². The average molecular weight is 501 g/mol. The van der Waals surface area contributed by atoms with E-state index in [1.165, 1.54) is 24.3 Å². The summed E-state index contributed by atoms with van der Waals surface area (Å²) in [4.78, 5) is 11.2. The number of ether oxygens (including phenoxy) is 1. The number of nitrogens with one attached hydrogen (secondary N) is 1. The fourth-order valence-corrected chi connectivity index (χ4v) is 4.91. The van der Waals surface area contributed by atoms with Crippen LogP contribution in [0.1, 0.15) is 58.8 Å². The molecule has 2 heterocycles. The van der Waals surface area contributed by atoms with Crippen LogP contribution in [0.2, 0.25) is 0 Å². The molecule has 0 spiro atoms. The van der Waals surface area contributed by atoms with Gasteiger partial charge in [-0.25, -0.2) is 4.79 Å². The number of carboxylic acid groups (broad SMARTS) is 1. The molecule has 2 N–H and O–H groups in total. The van der Waals surface area contributed by atoms with E-state index >= 15 is 0 Å². The summed E-state index contributed by atoms with van der Waals surface area (Å²) in [7, 11) is 0. The van der Waals surface area contributed by atoms with E-state index in [0.29, 0.717) is 23.5 Å². The van der Waals surface area contributed by atoms with Gasteiger partial charge in [-0.2, -0.15) is 13.2 Å². The number of benzene rings is 2. The molecule has 6 nitrogen and oxygen atoms in total. The topological polar surface area (TPSA) is 84.6 Å². The molecule has 0 radical (unpaired) electrons. The molecule has 1 aliphatic heterocycles. The molecule has 9 heteroatoms. The second kappa shape index (κ2) is 9.97. The first-order valence-electron chi connectivity index (χ1n) is 12.2. The van der Waals surface area contributed by atoms with Crippen molar-refractivity contribution in [2.24, 2.45) is 5.92 Å². The molecule has 0 amide bonds. The molecule has 1 unspecified atom stereocenters. The van der Waals surface area contributed by atoms with Crippen LogP contribution in [-0.2, 0) is 12.6 Å². The summed E-state index contributed by atoms with van der Waals surface area (Å²) in [6.07, 6.45) is -0.967.